The molecule has 4 aliphatic rings. The molecule has 0 fully saturated rings. The molecular weight excluding hydrogens is 712 g/mol. The molecule has 4 nitrogen and oxygen atoms in total. The van der Waals surface area contributed by atoms with Gasteiger partial charge in [0.25, 0.3) is 13.4 Å². The first-order valence-corrected chi connectivity index (χ1v) is 20.4. The maximum absolute atomic E-state index is 7.14. The SMILES string of the molecule is c1ccc(N2c3ccccc3B3c4cc5c(cc4N(c4ccccc4)c4cccc2c43)Oc2cccc3c2B5c2c(sc4ccccc24)N3c2ccccc2)cc1. The van der Waals surface area contributed by atoms with Crippen molar-refractivity contribution >= 4 is 118 Å². The molecule has 0 saturated heterocycles. The van der Waals surface area contributed by atoms with E-state index in [1.807, 2.05) is 11.3 Å². The summed E-state index contributed by atoms with van der Waals surface area (Å²) in [5.41, 5.74) is 17.0. The molecule has 0 N–H and O–H groups in total. The highest BCUT2D eigenvalue weighted by Gasteiger charge is 2.48. The molecule has 4 aliphatic heterocycles. The van der Waals surface area contributed by atoms with Crippen molar-refractivity contribution in [3.05, 3.63) is 188 Å². The van der Waals surface area contributed by atoms with Crippen molar-refractivity contribution in [1.82, 2.24) is 0 Å². The molecule has 0 atom stereocenters. The Morgan fingerprint density at radius 1 is 0.368 bits per heavy atom. The standard InChI is InChI=1S/C50H31B2N3OS/c1-4-16-32(17-5-1)53-39-24-12-11-23-36(39)51-37-30-38-45(31-43(37)54(33-18-6-2-7-19-33)41-26-14-25-40(53)48(41)51)56-44-28-15-27-42-49(44)52(38)47-35-22-10-13-29-46(35)57-50(47)55(42)34-20-8-3-9-21-34/h1-31H. The van der Waals surface area contributed by atoms with Crippen LogP contribution in [0.4, 0.5) is 50.5 Å². The van der Waals surface area contributed by atoms with Gasteiger partial charge in [-0.3, -0.25) is 0 Å². The second-order valence-electron chi connectivity index (χ2n) is 15.2. The van der Waals surface area contributed by atoms with Crippen LogP contribution in [0.3, 0.4) is 0 Å². The summed E-state index contributed by atoms with van der Waals surface area (Å²) in [5.74, 6) is 1.83. The minimum absolute atomic E-state index is 0.00682. The molecule has 0 aliphatic carbocycles. The average Bonchev–Trinajstić information content (AvgIpc) is 3.66. The van der Waals surface area contributed by atoms with Crippen LogP contribution >= 0.6 is 11.3 Å². The zero-order valence-corrected chi connectivity index (χ0v) is 31.5. The van der Waals surface area contributed by atoms with Gasteiger partial charge in [0.1, 0.15) is 11.5 Å². The van der Waals surface area contributed by atoms with Crippen LogP contribution in [-0.2, 0) is 0 Å². The van der Waals surface area contributed by atoms with E-state index in [4.69, 9.17) is 4.74 Å². The van der Waals surface area contributed by atoms with Gasteiger partial charge in [0.15, 0.2) is 0 Å². The summed E-state index contributed by atoms with van der Waals surface area (Å²) in [6.45, 7) is -0.00908. The van der Waals surface area contributed by atoms with Gasteiger partial charge in [-0.2, -0.15) is 0 Å². The molecule has 0 unspecified atom stereocenters. The first kappa shape index (κ1) is 31.3. The lowest BCUT2D eigenvalue weighted by Crippen LogP contribution is -2.64. The van der Waals surface area contributed by atoms with Crippen LogP contribution in [0.15, 0.2) is 188 Å². The quantitative estimate of drug-likeness (QED) is 0.168. The van der Waals surface area contributed by atoms with E-state index in [0.717, 1.165) is 34.2 Å². The molecule has 0 saturated carbocycles. The topological polar surface area (TPSA) is 19.0 Å². The second kappa shape index (κ2) is 11.8. The molecule has 0 radical (unpaired) electrons. The van der Waals surface area contributed by atoms with Gasteiger partial charge >= 0.3 is 0 Å². The number of fused-ring (bicyclic) bond motifs is 10. The molecule has 57 heavy (non-hydrogen) atoms. The van der Waals surface area contributed by atoms with Gasteiger partial charge in [0.05, 0.1) is 5.00 Å². The highest BCUT2D eigenvalue weighted by Crippen LogP contribution is 2.48. The van der Waals surface area contributed by atoms with Gasteiger partial charge in [-0.1, -0.05) is 109 Å². The van der Waals surface area contributed by atoms with Crippen LogP contribution in [0.1, 0.15) is 0 Å². The first-order valence-electron chi connectivity index (χ1n) is 19.6. The molecule has 7 heteroatoms. The van der Waals surface area contributed by atoms with Crippen LogP contribution in [-0.4, -0.2) is 13.4 Å². The van der Waals surface area contributed by atoms with E-state index in [0.29, 0.717) is 0 Å². The Hall–Kier alpha value is -6.95. The molecule has 0 spiro atoms. The lowest BCUT2D eigenvalue weighted by Gasteiger charge is -2.45. The van der Waals surface area contributed by atoms with Crippen LogP contribution in [0.2, 0.25) is 0 Å². The third-order valence-corrected chi connectivity index (χ3v) is 13.5. The number of ether oxygens (including phenoxy) is 1. The Kier molecular flexibility index (Phi) is 6.46. The lowest BCUT2D eigenvalue weighted by atomic mass is 9.30. The normalized spacial score (nSPS) is 13.9. The summed E-state index contributed by atoms with van der Waals surface area (Å²) in [6.07, 6.45) is 0. The zero-order valence-electron chi connectivity index (χ0n) is 30.7. The van der Waals surface area contributed by atoms with Crippen LogP contribution < -0.4 is 52.2 Å². The van der Waals surface area contributed by atoms with E-state index in [1.54, 1.807) is 0 Å². The molecule has 5 heterocycles. The average molecular weight is 744 g/mol. The molecule has 9 aromatic rings. The Labute approximate surface area is 335 Å². The summed E-state index contributed by atoms with van der Waals surface area (Å²) in [6, 6.07) is 68.6. The Bertz CT molecular complexity index is 3100. The third kappa shape index (κ3) is 4.29. The number of nitrogens with zero attached hydrogens (tertiary/aromatic N) is 3. The number of rotatable bonds is 3. The summed E-state index contributed by atoms with van der Waals surface area (Å²) in [4.78, 5) is 7.37. The number of para-hydroxylation sites is 4. The Balaban J connectivity index is 1.11. The molecule has 13 rings (SSSR count). The van der Waals surface area contributed by atoms with Gasteiger partial charge in [-0.05, 0) is 111 Å². The maximum Gasteiger partial charge on any atom is 0.258 e. The minimum atomic E-state index is -0.0159. The van der Waals surface area contributed by atoms with E-state index >= 15 is 0 Å². The van der Waals surface area contributed by atoms with Crippen molar-refractivity contribution < 1.29 is 4.74 Å². The summed E-state index contributed by atoms with van der Waals surface area (Å²) in [7, 11) is 0. The van der Waals surface area contributed by atoms with Crippen molar-refractivity contribution in [3.8, 4) is 11.5 Å². The second-order valence-corrected chi connectivity index (χ2v) is 16.2. The zero-order chi connectivity index (χ0) is 37.2. The smallest absolute Gasteiger partial charge is 0.258 e. The van der Waals surface area contributed by atoms with Gasteiger partial charge in [-0.15, -0.1) is 11.3 Å². The third-order valence-electron chi connectivity index (χ3n) is 12.3. The molecule has 0 bridgehead atoms. The highest BCUT2D eigenvalue weighted by molar-refractivity contribution is 7.26. The van der Waals surface area contributed by atoms with Crippen molar-refractivity contribution in [2.24, 2.45) is 0 Å². The molecule has 264 valence electrons. The summed E-state index contributed by atoms with van der Waals surface area (Å²) >= 11 is 1.88. The first-order chi connectivity index (χ1) is 28.3. The summed E-state index contributed by atoms with van der Waals surface area (Å²) < 4.78 is 8.43. The van der Waals surface area contributed by atoms with E-state index < -0.39 is 0 Å². The predicted octanol–water partition coefficient (Wildman–Crippen LogP) is 9.39. The van der Waals surface area contributed by atoms with Gasteiger partial charge < -0.3 is 19.4 Å². The van der Waals surface area contributed by atoms with Crippen LogP contribution in [0.25, 0.3) is 10.1 Å². The number of thiophene rings is 1. The van der Waals surface area contributed by atoms with Crippen LogP contribution in [0.5, 0.6) is 11.5 Å². The predicted molar refractivity (Wildman–Crippen MR) is 242 cm³/mol. The minimum Gasteiger partial charge on any atom is -0.458 e. The monoisotopic (exact) mass is 743 g/mol. The molecule has 0 amide bonds. The van der Waals surface area contributed by atoms with E-state index in [2.05, 4.69) is 203 Å². The summed E-state index contributed by atoms with van der Waals surface area (Å²) in [5, 5.41) is 2.57. The fourth-order valence-electron chi connectivity index (χ4n) is 10.1. The Morgan fingerprint density at radius 2 is 0.930 bits per heavy atom. The number of hydrogen-bond donors (Lipinski definition) is 0. The highest BCUT2D eigenvalue weighted by atomic mass is 32.1. The van der Waals surface area contributed by atoms with Crippen molar-refractivity contribution in [3.63, 3.8) is 0 Å². The van der Waals surface area contributed by atoms with Gasteiger partial charge in [0, 0.05) is 56.3 Å². The number of benzene rings is 8. The van der Waals surface area contributed by atoms with Gasteiger partial charge in [0.2, 0.25) is 0 Å². The fourth-order valence-corrected chi connectivity index (χ4v) is 11.3. The van der Waals surface area contributed by atoms with Gasteiger partial charge in [-0.25, -0.2) is 0 Å². The maximum atomic E-state index is 7.14. The molecular formula is C50H31B2N3OS. The van der Waals surface area contributed by atoms with Crippen molar-refractivity contribution in [2.75, 3.05) is 14.7 Å². The van der Waals surface area contributed by atoms with E-state index in [1.165, 1.54) is 70.6 Å². The van der Waals surface area contributed by atoms with Crippen molar-refractivity contribution in [1.29, 1.82) is 0 Å². The van der Waals surface area contributed by atoms with Crippen LogP contribution in [0, 0.1) is 0 Å². The lowest BCUT2D eigenvalue weighted by molar-refractivity contribution is 0.488. The number of anilines is 9. The fraction of sp³-hybridized carbons (Fsp3) is 0. The Morgan fingerprint density at radius 3 is 1.65 bits per heavy atom. The number of hydrogen-bond acceptors (Lipinski definition) is 5. The molecule has 1 aromatic heterocycles. The molecule has 8 aromatic carbocycles. The van der Waals surface area contributed by atoms with E-state index in [9.17, 15) is 0 Å². The largest absolute Gasteiger partial charge is 0.458 e. The van der Waals surface area contributed by atoms with E-state index in [-0.39, 0.29) is 13.4 Å². The van der Waals surface area contributed by atoms with Crippen molar-refractivity contribution in [2.45, 2.75) is 0 Å².